The van der Waals surface area contributed by atoms with Gasteiger partial charge in [-0.25, -0.2) is 10.4 Å². The van der Waals surface area contributed by atoms with E-state index >= 15 is 0 Å². The van der Waals surface area contributed by atoms with E-state index in [2.05, 4.69) is 63.0 Å². The second kappa shape index (κ2) is 46.5. The molecular formula is C60H58N7O10SeY3-3. The predicted octanol–water partition coefficient (Wildman–Crippen LogP) is 9.54. The molecule has 0 unspecified atom stereocenters. The summed E-state index contributed by atoms with van der Waals surface area (Å²) in [6, 6.07) is 59.3. The number of hydrazone groups is 1. The topological polar surface area (TPSA) is 298 Å². The van der Waals surface area contributed by atoms with Gasteiger partial charge >= 0.3 is 22.5 Å². The zero-order valence-electron chi connectivity index (χ0n) is 45.4. The molecule has 0 saturated heterocycles. The van der Waals surface area contributed by atoms with Crippen LogP contribution in [0.3, 0.4) is 0 Å². The molecule has 7 aromatic carbocycles. The molecular weight excluding hydrogens is 1320 g/mol. The van der Waals surface area contributed by atoms with Gasteiger partial charge < -0.3 is 17.0 Å². The van der Waals surface area contributed by atoms with Gasteiger partial charge in [-0.15, -0.1) is 5.10 Å². The number of aromatic nitrogens is 3. The number of benzene rings is 7. The number of ketones is 4. The summed E-state index contributed by atoms with van der Waals surface area (Å²) in [6.07, 6.45) is 3.10. The van der Waals surface area contributed by atoms with E-state index in [4.69, 9.17) is 23.3 Å². The first kappa shape index (κ1) is 79.1. The summed E-state index contributed by atoms with van der Waals surface area (Å²) in [7, 11) is 0. The second-order valence-corrected chi connectivity index (χ2v) is 16.1. The van der Waals surface area contributed by atoms with Crippen molar-refractivity contribution in [3.8, 4) is 22.6 Å². The third kappa shape index (κ3) is 34.0. The number of nitrogens with zero attached hydrogens (tertiary/aromatic N) is 4. The third-order valence-electron chi connectivity index (χ3n) is 9.67. The smallest absolute Gasteiger partial charge is 0 e. The Morgan fingerprint density at radius 1 is 0.568 bits per heavy atom. The van der Waals surface area contributed by atoms with E-state index in [-0.39, 0.29) is 134 Å². The number of carbonyl (C=O) groups excluding carboxylic acids is 6. The van der Waals surface area contributed by atoms with Gasteiger partial charge in [0.2, 0.25) is 17.5 Å². The van der Waals surface area contributed by atoms with Crippen molar-refractivity contribution in [3.05, 3.63) is 244 Å². The minimum Gasteiger partial charge on any atom is 0 e. The summed E-state index contributed by atoms with van der Waals surface area (Å²) in [4.78, 5) is 79.4. The van der Waals surface area contributed by atoms with Crippen molar-refractivity contribution < 1.29 is 144 Å². The average Bonchev–Trinajstić information content (AvgIpc) is 3.45. The summed E-state index contributed by atoms with van der Waals surface area (Å²) in [5, 5.41) is 19.2. The minimum absolute atomic E-state index is 0. The Kier molecular flexibility index (Phi) is 45.4. The van der Waals surface area contributed by atoms with E-state index in [1.165, 1.54) is 11.1 Å². The van der Waals surface area contributed by atoms with Gasteiger partial charge in [0.15, 0.2) is 23.7 Å². The monoisotopic (exact) mass is 1380 g/mol. The first-order valence-corrected chi connectivity index (χ1v) is 24.4. The van der Waals surface area contributed by atoms with Crippen LogP contribution in [-0.2, 0) is 115 Å². The Hall–Kier alpha value is -6.14. The number of carbonyl (C=O) groups is 7. The molecule has 8 rings (SSSR count). The predicted molar refractivity (Wildman–Crippen MR) is 298 cm³/mol. The van der Waals surface area contributed by atoms with Crippen molar-refractivity contribution in [3.63, 3.8) is 0 Å². The van der Waals surface area contributed by atoms with Crippen molar-refractivity contribution in [2.75, 3.05) is 6.54 Å². The van der Waals surface area contributed by atoms with Crippen LogP contribution in [0.5, 0.6) is 0 Å². The van der Waals surface area contributed by atoms with Crippen LogP contribution in [0.4, 0.5) is 0 Å². The number of aryl methyl sites for hydroxylation is 4. The Morgan fingerprint density at radius 2 is 0.938 bits per heavy atom. The quantitative estimate of drug-likeness (QED) is 0.0178. The van der Waals surface area contributed by atoms with Crippen molar-refractivity contribution in [1.82, 2.24) is 26.8 Å². The van der Waals surface area contributed by atoms with E-state index in [0.717, 1.165) is 46.6 Å². The molecule has 1 aromatic heterocycles. The maximum atomic E-state index is 11.8. The minimum atomic E-state index is -1.62. The summed E-state index contributed by atoms with van der Waals surface area (Å²) in [6.45, 7) is 10.7. The van der Waals surface area contributed by atoms with Crippen LogP contribution >= 0.6 is 0 Å². The van der Waals surface area contributed by atoms with Crippen LogP contribution in [0.2, 0.25) is 0 Å². The number of aliphatic carboxylic acids is 1. The fourth-order valence-electron chi connectivity index (χ4n) is 5.63. The number of nitrogens with two attached hydrogens (primary N) is 1. The molecule has 0 aliphatic carbocycles. The fourth-order valence-corrected chi connectivity index (χ4v) is 5.63. The van der Waals surface area contributed by atoms with Gasteiger partial charge in [0.05, 0.1) is 24.7 Å². The van der Waals surface area contributed by atoms with Gasteiger partial charge in [0, 0.05) is 127 Å². The Morgan fingerprint density at radius 3 is 1.33 bits per heavy atom. The zero-order valence-corrected chi connectivity index (χ0v) is 55.7. The van der Waals surface area contributed by atoms with Crippen LogP contribution in [-0.4, -0.2) is 89.2 Å². The SMILES string of the molecule is CC(=O)O.CC(=O)c1ccc(C)cc1.Cc1ccc(-c2cnnc(-c3cc[c-]cc3)n2)cc1.Cc1ccc(C(=O)/C=N/NC(=O)c2cc[c-]cc2)cc1.Cc1ccc(C(=O)C=O)cc1.N.NCC(=O)c1cc[c-]cc1.O=[Se]=O.[Y].[Y].[Y]. The molecule has 21 heteroatoms. The van der Waals surface area contributed by atoms with Crippen LogP contribution in [0.15, 0.2) is 181 Å². The van der Waals surface area contributed by atoms with E-state index in [1.54, 1.807) is 98.0 Å². The molecule has 0 aliphatic heterocycles. The van der Waals surface area contributed by atoms with Crippen molar-refractivity contribution in [2.24, 2.45) is 10.8 Å². The number of amides is 1. The van der Waals surface area contributed by atoms with Crippen LogP contribution in [0, 0.1) is 45.9 Å². The van der Waals surface area contributed by atoms with Crippen LogP contribution in [0.1, 0.15) is 87.9 Å². The summed E-state index contributed by atoms with van der Waals surface area (Å²) >= 11 is -1.62. The zero-order chi connectivity index (χ0) is 57.0. The van der Waals surface area contributed by atoms with E-state index in [0.29, 0.717) is 34.4 Å². The second-order valence-electron chi connectivity index (χ2n) is 15.8. The van der Waals surface area contributed by atoms with Crippen molar-refractivity contribution in [2.45, 2.75) is 41.5 Å². The van der Waals surface area contributed by atoms with Crippen molar-refractivity contribution in [1.29, 1.82) is 0 Å². The maximum Gasteiger partial charge on any atom is 0 e. The van der Waals surface area contributed by atoms with Gasteiger partial charge in [0.25, 0.3) is 5.97 Å². The number of hydrogen-bond acceptors (Lipinski definition) is 15. The van der Waals surface area contributed by atoms with Gasteiger partial charge in [-0.05, 0) is 34.6 Å². The van der Waals surface area contributed by atoms with Gasteiger partial charge in [-0.3, -0.25) is 33.6 Å². The fraction of sp³-hybridized carbons (Fsp3) is 0.117. The first-order valence-electron chi connectivity index (χ1n) is 23.0. The maximum absolute atomic E-state index is 11.8. The number of nitrogens with one attached hydrogen (secondary N) is 1. The molecule has 81 heavy (non-hydrogen) atoms. The van der Waals surface area contributed by atoms with E-state index in [1.807, 2.05) is 93.6 Å². The largest absolute Gasteiger partial charge is 0 e. The molecule has 0 spiro atoms. The summed E-state index contributed by atoms with van der Waals surface area (Å²) < 4.78 is 16.9. The average molecular weight is 1380 g/mol. The third-order valence-corrected chi connectivity index (χ3v) is 9.67. The number of hydrogen-bond donors (Lipinski definition) is 4. The molecule has 3 radical (unpaired) electrons. The molecule has 411 valence electrons. The molecule has 8 aromatic rings. The molecule has 0 aliphatic rings. The van der Waals surface area contributed by atoms with Crippen molar-refractivity contribution >= 4 is 62.3 Å². The van der Waals surface area contributed by atoms with Gasteiger partial charge in [-0.1, -0.05) is 136 Å². The van der Waals surface area contributed by atoms with Gasteiger partial charge in [-0.2, -0.15) is 101 Å². The standard InChI is InChI=1S/C16H12N3.C16H13N2O2.C9H8O2.C9H10O.C8H8NO.C2H4O2.H3N.O2Se.3Y/c1-12-7-9-13(10-8-12)15-11-17-19-16(18-15)14-5-3-2-4-6-14;1-12-7-9-13(10-8-12)15(19)11-17-18-16(20)14-5-3-2-4-6-14;1-7-2-4-8(5-3-7)9(11)6-10;1-7-3-5-9(6-4-7)8(2)10;9-6-8(10)7-4-2-1-3-5-7;1-2(3)4;;1-3-2;;;/h3-11H,1H3;3-11H,1H3,(H,18,20);2-6H,1H3;3-6H,1-2H3;2-5H,6,9H2;1H3,(H,3,4);1H3;;;;/q2*-1;;;-1;;;;;;/b;17-11+;;;;;;;;;. The Labute approximate surface area is 553 Å². The molecule has 0 fully saturated rings. The molecule has 1 heterocycles. The molecule has 7 N–H and O–H groups in total. The van der Waals surface area contributed by atoms with Crippen LogP contribution < -0.4 is 17.3 Å². The van der Waals surface area contributed by atoms with E-state index in [9.17, 15) is 28.8 Å². The van der Waals surface area contributed by atoms with E-state index < -0.39 is 26.6 Å². The number of rotatable bonds is 11. The summed E-state index contributed by atoms with van der Waals surface area (Å²) in [5.74, 6) is -1.20. The molecule has 0 bridgehead atoms. The molecule has 1 amide bonds. The Bertz CT molecular complexity index is 3190. The Balaban J connectivity index is -0.000000925. The molecule has 0 saturated carbocycles. The summed E-state index contributed by atoms with van der Waals surface area (Å²) in [5.41, 5.74) is 17.7. The number of carboxylic acid groups (broad SMARTS) is 1. The number of Topliss-reactive ketones (excluding diaryl/α,β-unsaturated/α-hetero) is 4. The van der Waals surface area contributed by atoms with Crippen LogP contribution in [0.25, 0.3) is 22.6 Å². The molecule has 0 atom stereocenters. The number of carboxylic acids is 1. The molecule has 17 nitrogen and oxygen atoms in total. The van der Waals surface area contributed by atoms with Gasteiger partial charge in [0.1, 0.15) is 0 Å². The first-order chi connectivity index (χ1) is 36.9. The number of aldehydes is 1. The normalized spacial score (nSPS) is 9.02.